The minimum atomic E-state index is 0.164. The Balaban J connectivity index is 2.09. The van der Waals surface area contributed by atoms with E-state index in [0.717, 1.165) is 19.3 Å². The normalized spacial score (nSPS) is 32.0. The number of hydrogen-bond acceptors (Lipinski definition) is 1. The van der Waals surface area contributed by atoms with E-state index < -0.39 is 0 Å². The van der Waals surface area contributed by atoms with E-state index in [0.29, 0.717) is 18.4 Å². The van der Waals surface area contributed by atoms with E-state index in [1.807, 2.05) is 11.9 Å². The molecule has 0 aromatic heterocycles. The van der Waals surface area contributed by atoms with Gasteiger partial charge in [-0.1, -0.05) is 31.2 Å². The number of fused-ring (bicyclic) bond motifs is 3. The summed E-state index contributed by atoms with van der Waals surface area (Å²) in [6.07, 6.45) is 3.90. The molecular formula is C15H19NO. The summed E-state index contributed by atoms with van der Waals surface area (Å²) in [5.74, 6) is 0.312. The van der Waals surface area contributed by atoms with Gasteiger partial charge in [0.25, 0.3) is 0 Å². The van der Waals surface area contributed by atoms with Crippen molar-refractivity contribution < 1.29 is 4.79 Å². The highest BCUT2D eigenvalue weighted by Crippen LogP contribution is 2.45. The standard InChI is InChI=1S/C15H19NO/c1-15-10-9-14(17)16(2)13(15)8-7-11-5-3-4-6-12(11)15/h3-6,13H,7-10H2,1-2H3/t13?,15-/m1/s1. The molecule has 0 bridgehead atoms. The molecule has 2 atom stereocenters. The Bertz CT molecular complexity index is 468. The molecule has 2 heteroatoms. The first-order valence-corrected chi connectivity index (χ1v) is 6.47. The Morgan fingerprint density at radius 3 is 2.88 bits per heavy atom. The number of carbonyl (C=O) groups excluding carboxylic acids is 1. The molecule has 2 nitrogen and oxygen atoms in total. The van der Waals surface area contributed by atoms with Gasteiger partial charge < -0.3 is 4.90 Å². The molecule has 1 fully saturated rings. The summed E-state index contributed by atoms with van der Waals surface area (Å²) in [7, 11) is 1.97. The number of hydrogen-bond donors (Lipinski definition) is 0. The van der Waals surface area contributed by atoms with Crippen LogP contribution in [0.4, 0.5) is 0 Å². The maximum absolute atomic E-state index is 11.8. The highest BCUT2D eigenvalue weighted by molar-refractivity contribution is 5.78. The number of likely N-dealkylation sites (N-methyl/N-ethyl adjacent to an activating group) is 1. The topological polar surface area (TPSA) is 20.3 Å². The molecule has 1 saturated heterocycles. The fourth-order valence-electron chi connectivity index (χ4n) is 3.72. The molecule has 3 rings (SSSR count). The van der Waals surface area contributed by atoms with Crippen molar-refractivity contribution >= 4 is 5.91 Å². The number of rotatable bonds is 0. The van der Waals surface area contributed by atoms with Crippen LogP contribution in [0.15, 0.2) is 24.3 Å². The quantitative estimate of drug-likeness (QED) is 0.669. The van der Waals surface area contributed by atoms with Gasteiger partial charge in [0.05, 0.1) is 0 Å². The summed E-state index contributed by atoms with van der Waals surface area (Å²) in [4.78, 5) is 13.8. The molecule has 0 spiro atoms. The summed E-state index contributed by atoms with van der Waals surface area (Å²) >= 11 is 0. The zero-order chi connectivity index (χ0) is 12.0. The minimum Gasteiger partial charge on any atom is -0.342 e. The summed E-state index contributed by atoms with van der Waals surface area (Å²) in [5, 5.41) is 0. The molecule has 1 aliphatic carbocycles. The fourth-order valence-corrected chi connectivity index (χ4v) is 3.72. The number of piperidine rings is 1. The van der Waals surface area contributed by atoms with Gasteiger partial charge in [0.15, 0.2) is 0 Å². The van der Waals surface area contributed by atoms with Crippen LogP contribution in [-0.4, -0.2) is 23.9 Å². The Morgan fingerprint density at radius 1 is 1.29 bits per heavy atom. The average Bonchev–Trinajstić information content (AvgIpc) is 2.35. The second-order valence-electron chi connectivity index (χ2n) is 5.63. The lowest BCUT2D eigenvalue weighted by Gasteiger charge is -2.50. The van der Waals surface area contributed by atoms with Crippen LogP contribution in [0.1, 0.15) is 37.3 Å². The number of amides is 1. The van der Waals surface area contributed by atoms with Crippen molar-refractivity contribution in [3.8, 4) is 0 Å². The summed E-state index contributed by atoms with van der Waals surface area (Å²) in [5.41, 5.74) is 3.11. The molecule has 1 aromatic rings. The van der Waals surface area contributed by atoms with E-state index in [-0.39, 0.29) is 5.41 Å². The van der Waals surface area contributed by atoms with Gasteiger partial charge in [0, 0.05) is 24.9 Å². The SMILES string of the molecule is CN1C(=O)CC[C@]2(C)c3ccccc3CCC12. The number of aryl methyl sites for hydroxylation is 1. The van der Waals surface area contributed by atoms with E-state index in [1.54, 1.807) is 0 Å². The highest BCUT2D eigenvalue weighted by atomic mass is 16.2. The Morgan fingerprint density at radius 2 is 2.06 bits per heavy atom. The lowest BCUT2D eigenvalue weighted by Crippen LogP contribution is -2.56. The van der Waals surface area contributed by atoms with Crippen LogP contribution in [0.2, 0.25) is 0 Å². The van der Waals surface area contributed by atoms with Gasteiger partial charge in [-0.25, -0.2) is 0 Å². The zero-order valence-electron chi connectivity index (χ0n) is 10.6. The molecule has 0 N–H and O–H groups in total. The Labute approximate surface area is 103 Å². The summed E-state index contributed by atoms with van der Waals surface area (Å²) in [6, 6.07) is 9.14. The summed E-state index contributed by atoms with van der Waals surface area (Å²) < 4.78 is 0. The van der Waals surface area contributed by atoms with Crippen molar-refractivity contribution in [1.29, 1.82) is 0 Å². The third-order valence-corrected chi connectivity index (χ3v) is 4.77. The monoisotopic (exact) mass is 229 g/mol. The maximum atomic E-state index is 11.8. The minimum absolute atomic E-state index is 0.164. The molecule has 1 unspecified atom stereocenters. The van der Waals surface area contributed by atoms with Gasteiger partial charge in [-0.05, 0) is 30.4 Å². The predicted octanol–water partition coefficient (Wildman–Crippen LogP) is 2.51. The van der Waals surface area contributed by atoms with Gasteiger partial charge >= 0.3 is 0 Å². The molecular weight excluding hydrogens is 210 g/mol. The number of benzene rings is 1. The number of likely N-dealkylation sites (tertiary alicyclic amines) is 1. The molecule has 2 aliphatic rings. The van der Waals surface area contributed by atoms with Crippen LogP contribution < -0.4 is 0 Å². The van der Waals surface area contributed by atoms with Crippen LogP contribution in [0.5, 0.6) is 0 Å². The first-order chi connectivity index (χ1) is 8.13. The van der Waals surface area contributed by atoms with Gasteiger partial charge in [-0.3, -0.25) is 4.79 Å². The molecule has 0 saturated carbocycles. The van der Waals surface area contributed by atoms with Gasteiger partial charge in [-0.2, -0.15) is 0 Å². The molecule has 1 aliphatic heterocycles. The van der Waals surface area contributed by atoms with E-state index in [1.165, 1.54) is 11.1 Å². The smallest absolute Gasteiger partial charge is 0.222 e. The van der Waals surface area contributed by atoms with Crippen LogP contribution in [-0.2, 0) is 16.6 Å². The van der Waals surface area contributed by atoms with E-state index in [2.05, 4.69) is 31.2 Å². The van der Waals surface area contributed by atoms with Crippen molar-refractivity contribution in [3.63, 3.8) is 0 Å². The van der Waals surface area contributed by atoms with Crippen molar-refractivity contribution in [2.45, 2.75) is 44.1 Å². The third-order valence-electron chi connectivity index (χ3n) is 4.77. The van der Waals surface area contributed by atoms with Crippen LogP contribution in [0.25, 0.3) is 0 Å². The third kappa shape index (κ3) is 1.43. The average molecular weight is 229 g/mol. The maximum Gasteiger partial charge on any atom is 0.222 e. The number of carbonyl (C=O) groups is 1. The van der Waals surface area contributed by atoms with Gasteiger partial charge in [0.2, 0.25) is 5.91 Å². The molecule has 17 heavy (non-hydrogen) atoms. The predicted molar refractivity (Wildman–Crippen MR) is 67.9 cm³/mol. The van der Waals surface area contributed by atoms with E-state index in [4.69, 9.17) is 0 Å². The Kier molecular flexibility index (Phi) is 2.29. The van der Waals surface area contributed by atoms with E-state index >= 15 is 0 Å². The lowest BCUT2D eigenvalue weighted by atomic mass is 9.63. The first kappa shape index (κ1) is 10.8. The van der Waals surface area contributed by atoms with Crippen LogP contribution in [0.3, 0.4) is 0 Å². The van der Waals surface area contributed by atoms with Crippen molar-refractivity contribution in [1.82, 2.24) is 4.90 Å². The van der Waals surface area contributed by atoms with Gasteiger partial charge in [0.1, 0.15) is 0 Å². The van der Waals surface area contributed by atoms with Crippen LogP contribution >= 0.6 is 0 Å². The zero-order valence-corrected chi connectivity index (χ0v) is 10.6. The number of nitrogens with zero attached hydrogens (tertiary/aromatic N) is 1. The Hall–Kier alpha value is -1.31. The van der Waals surface area contributed by atoms with Crippen molar-refractivity contribution in [2.24, 2.45) is 0 Å². The summed E-state index contributed by atoms with van der Waals surface area (Å²) in [6.45, 7) is 2.33. The molecule has 0 radical (unpaired) electrons. The van der Waals surface area contributed by atoms with Crippen molar-refractivity contribution in [2.75, 3.05) is 7.05 Å². The van der Waals surface area contributed by atoms with Crippen molar-refractivity contribution in [3.05, 3.63) is 35.4 Å². The first-order valence-electron chi connectivity index (χ1n) is 6.47. The molecule has 1 aromatic carbocycles. The highest BCUT2D eigenvalue weighted by Gasteiger charge is 2.46. The lowest BCUT2D eigenvalue weighted by molar-refractivity contribution is -0.138. The van der Waals surface area contributed by atoms with Crippen LogP contribution in [0, 0.1) is 0 Å². The second-order valence-corrected chi connectivity index (χ2v) is 5.63. The van der Waals surface area contributed by atoms with Gasteiger partial charge in [-0.15, -0.1) is 0 Å². The molecule has 1 heterocycles. The molecule has 90 valence electrons. The van der Waals surface area contributed by atoms with E-state index in [9.17, 15) is 4.79 Å². The fraction of sp³-hybridized carbons (Fsp3) is 0.533. The largest absolute Gasteiger partial charge is 0.342 e. The molecule has 1 amide bonds. The second kappa shape index (κ2) is 3.59.